The first kappa shape index (κ1) is 11.6. The molecule has 1 N–H and O–H groups in total. The second kappa shape index (κ2) is 3.89. The predicted octanol–water partition coefficient (Wildman–Crippen LogP) is 3.23. The molecule has 2 aliphatic rings. The van der Waals surface area contributed by atoms with Crippen molar-refractivity contribution in [1.29, 1.82) is 5.26 Å². The van der Waals surface area contributed by atoms with Crippen LogP contribution in [0.15, 0.2) is 29.8 Å². The normalized spacial score (nSPS) is 24.2. The van der Waals surface area contributed by atoms with Gasteiger partial charge in [-0.25, -0.2) is 0 Å². The van der Waals surface area contributed by atoms with Crippen LogP contribution in [-0.4, -0.2) is 22.5 Å². The number of aromatic amines is 1. The van der Waals surface area contributed by atoms with Crippen LogP contribution in [-0.2, 0) is 6.42 Å². The molecule has 4 rings (SSSR count). The Morgan fingerprint density at radius 3 is 3.00 bits per heavy atom. The summed E-state index contributed by atoms with van der Waals surface area (Å²) in [7, 11) is 0. The highest BCUT2D eigenvalue weighted by atomic mass is 15.2. The minimum absolute atomic E-state index is 0.274. The van der Waals surface area contributed by atoms with E-state index in [9.17, 15) is 5.26 Å². The zero-order valence-electron chi connectivity index (χ0n) is 11.8. The van der Waals surface area contributed by atoms with Crippen LogP contribution < -0.4 is 0 Å². The average molecular weight is 263 g/mol. The highest BCUT2D eigenvalue weighted by Gasteiger charge is 2.37. The Labute approximate surface area is 118 Å². The topological polar surface area (TPSA) is 42.8 Å². The van der Waals surface area contributed by atoms with E-state index in [1.54, 1.807) is 0 Å². The molecule has 0 amide bonds. The van der Waals surface area contributed by atoms with Crippen LogP contribution in [0, 0.1) is 18.4 Å². The van der Waals surface area contributed by atoms with Crippen LogP contribution in [0.3, 0.4) is 0 Å². The standard InChI is InChI=1S/C17H17N3/c1-10-6-14-12-4-3-5-15-17(12)13(11(2)19-15)7-16(14)20(8-10)9-18/h3-6,14,16,19H,7-8H2,1-2H3/t14-,16-/m1/s1. The lowest BCUT2D eigenvalue weighted by Gasteiger charge is -2.40. The van der Waals surface area contributed by atoms with Crippen molar-refractivity contribution < 1.29 is 0 Å². The van der Waals surface area contributed by atoms with Crippen molar-refractivity contribution in [3.8, 4) is 6.19 Å². The largest absolute Gasteiger partial charge is 0.358 e. The summed E-state index contributed by atoms with van der Waals surface area (Å²) in [5, 5.41) is 10.8. The lowest BCUT2D eigenvalue weighted by atomic mass is 9.76. The van der Waals surface area contributed by atoms with Crippen LogP contribution in [0.5, 0.6) is 0 Å². The number of fused-ring (bicyclic) bond motifs is 2. The molecule has 0 radical (unpaired) electrons. The molecule has 20 heavy (non-hydrogen) atoms. The minimum atomic E-state index is 0.274. The molecule has 1 aromatic heterocycles. The van der Waals surface area contributed by atoms with E-state index in [0.717, 1.165) is 13.0 Å². The van der Waals surface area contributed by atoms with Crippen molar-refractivity contribution in [2.75, 3.05) is 6.54 Å². The number of nitriles is 1. The molecule has 1 aliphatic heterocycles. The van der Waals surface area contributed by atoms with E-state index < -0.39 is 0 Å². The summed E-state index contributed by atoms with van der Waals surface area (Å²) in [6.45, 7) is 5.03. The second-order valence-electron chi connectivity index (χ2n) is 6.04. The first-order valence-corrected chi connectivity index (χ1v) is 7.13. The molecule has 0 saturated carbocycles. The highest BCUT2D eigenvalue weighted by molar-refractivity contribution is 5.90. The Kier molecular flexibility index (Phi) is 2.26. The Balaban J connectivity index is 2.00. The third-order valence-corrected chi connectivity index (χ3v) is 4.77. The number of H-pyrrole nitrogens is 1. The van der Waals surface area contributed by atoms with Gasteiger partial charge in [-0.05, 0) is 37.5 Å². The average Bonchev–Trinajstić information content (AvgIpc) is 2.77. The van der Waals surface area contributed by atoms with Gasteiger partial charge in [0.05, 0.1) is 6.04 Å². The van der Waals surface area contributed by atoms with Gasteiger partial charge in [0.1, 0.15) is 0 Å². The number of aryl methyl sites for hydroxylation is 1. The van der Waals surface area contributed by atoms with E-state index >= 15 is 0 Å². The number of nitrogens with zero attached hydrogens (tertiary/aromatic N) is 2. The van der Waals surface area contributed by atoms with Crippen LogP contribution >= 0.6 is 0 Å². The zero-order chi connectivity index (χ0) is 13.9. The molecule has 0 spiro atoms. The van der Waals surface area contributed by atoms with Gasteiger partial charge in [0, 0.05) is 29.1 Å². The second-order valence-corrected chi connectivity index (χ2v) is 6.04. The molecular weight excluding hydrogens is 246 g/mol. The quantitative estimate of drug-likeness (QED) is 0.585. The lowest BCUT2D eigenvalue weighted by Crippen LogP contribution is -2.43. The van der Waals surface area contributed by atoms with E-state index in [4.69, 9.17) is 0 Å². The van der Waals surface area contributed by atoms with Gasteiger partial charge in [0.25, 0.3) is 0 Å². The fourth-order valence-corrected chi connectivity index (χ4v) is 3.91. The first-order valence-electron chi connectivity index (χ1n) is 7.13. The number of hydrogen-bond acceptors (Lipinski definition) is 2. The Morgan fingerprint density at radius 1 is 1.35 bits per heavy atom. The third kappa shape index (κ3) is 1.39. The molecule has 2 heterocycles. The molecule has 2 aromatic rings. The SMILES string of the molecule is CC1=C[C@@H]2c3cccc4[nH]c(C)c(c34)C[C@H]2N(C#N)C1. The fraction of sp³-hybridized carbons (Fsp3) is 0.353. The third-order valence-electron chi connectivity index (χ3n) is 4.77. The summed E-state index contributed by atoms with van der Waals surface area (Å²) in [4.78, 5) is 5.44. The summed E-state index contributed by atoms with van der Waals surface area (Å²) in [5.74, 6) is 0.342. The predicted molar refractivity (Wildman–Crippen MR) is 79.3 cm³/mol. The van der Waals surface area contributed by atoms with E-state index in [-0.39, 0.29) is 6.04 Å². The van der Waals surface area contributed by atoms with Gasteiger partial charge in [0.15, 0.2) is 6.19 Å². The lowest BCUT2D eigenvalue weighted by molar-refractivity contribution is 0.266. The molecule has 0 unspecified atom stereocenters. The monoisotopic (exact) mass is 263 g/mol. The van der Waals surface area contributed by atoms with Gasteiger partial charge in [-0.3, -0.25) is 0 Å². The Morgan fingerprint density at radius 2 is 2.20 bits per heavy atom. The van der Waals surface area contributed by atoms with Crippen molar-refractivity contribution in [1.82, 2.24) is 9.88 Å². The van der Waals surface area contributed by atoms with Crippen molar-refractivity contribution in [3.05, 3.63) is 46.7 Å². The maximum absolute atomic E-state index is 9.45. The van der Waals surface area contributed by atoms with E-state index in [1.165, 1.54) is 33.3 Å². The molecule has 0 fully saturated rings. The van der Waals surface area contributed by atoms with Gasteiger partial charge in [-0.2, -0.15) is 5.26 Å². The van der Waals surface area contributed by atoms with Crippen molar-refractivity contribution in [2.24, 2.45) is 0 Å². The summed E-state index contributed by atoms with van der Waals surface area (Å²) in [6, 6.07) is 6.77. The molecule has 1 aromatic carbocycles. The number of aromatic nitrogens is 1. The summed E-state index contributed by atoms with van der Waals surface area (Å²) >= 11 is 0. The summed E-state index contributed by atoms with van der Waals surface area (Å²) in [5.41, 5.74) is 6.53. The maximum Gasteiger partial charge on any atom is 0.179 e. The minimum Gasteiger partial charge on any atom is -0.358 e. The first-order chi connectivity index (χ1) is 9.69. The molecule has 0 saturated heterocycles. The smallest absolute Gasteiger partial charge is 0.179 e. The van der Waals surface area contributed by atoms with Gasteiger partial charge < -0.3 is 9.88 Å². The van der Waals surface area contributed by atoms with Gasteiger partial charge in [-0.15, -0.1) is 0 Å². The van der Waals surface area contributed by atoms with Crippen molar-refractivity contribution in [2.45, 2.75) is 32.2 Å². The fourth-order valence-electron chi connectivity index (χ4n) is 3.91. The highest BCUT2D eigenvalue weighted by Crippen LogP contribution is 2.43. The maximum atomic E-state index is 9.45. The van der Waals surface area contributed by atoms with E-state index in [2.05, 4.69) is 49.3 Å². The van der Waals surface area contributed by atoms with Crippen LogP contribution in [0.2, 0.25) is 0 Å². The molecule has 2 atom stereocenters. The Bertz CT molecular complexity index is 775. The Hall–Kier alpha value is -2.21. The van der Waals surface area contributed by atoms with E-state index in [1.807, 2.05) is 4.90 Å². The summed E-state index contributed by atoms with van der Waals surface area (Å²) < 4.78 is 0. The van der Waals surface area contributed by atoms with Crippen LogP contribution in [0.4, 0.5) is 0 Å². The van der Waals surface area contributed by atoms with Gasteiger partial charge >= 0.3 is 0 Å². The van der Waals surface area contributed by atoms with Gasteiger partial charge in [-0.1, -0.05) is 23.8 Å². The molecular formula is C17H17N3. The number of benzene rings is 1. The van der Waals surface area contributed by atoms with Crippen molar-refractivity contribution >= 4 is 10.9 Å². The molecule has 3 nitrogen and oxygen atoms in total. The number of rotatable bonds is 0. The molecule has 1 aliphatic carbocycles. The van der Waals surface area contributed by atoms with Crippen LogP contribution in [0.25, 0.3) is 10.9 Å². The number of nitrogens with one attached hydrogen (secondary N) is 1. The van der Waals surface area contributed by atoms with Gasteiger partial charge in [0.2, 0.25) is 0 Å². The molecule has 0 bridgehead atoms. The summed E-state index contributed by atoms with van der Waals surface area (Å²) in [6.07, 6.45) is 5.71. The zero-order valence-corrected chi connectivity index (χ0v) is 11.8. The number of hydrogen-bond donors (Lipinski definition) is 1. The van der Waals surface area contributed by atoms with Crippen molar-refractivity contribution in [3.63, 3.8) is 0 Å². The van der Waals surface area contributed by atoms with E-state index in [0.29, 0.717) is 5.92 Å². The molecule has 3 heteroatoms. The van der Waals surface area contributed by atoms with Crippen LogP contribution in [0.1, 0.15) is 29.7 Å². The molecule has 100 valence electrons.